The minimum absolute atomic E-state index is 0.267. The number of hydrogen-bond donors (Lipinski definition) is 1. The molecule has 1 aliphatic heterocycles. The van der Waals surface area contributed by atoms with Gasteiger partial charge in [-0.05, 0) is 25.0 Å². The van der Waals surface area contributed by atoms with Crippen LogP contribution in [0.15, 0.2) is 0 Å². The van der Waals surface area contributed by atoms with Crippen LogP contribution in [0.25, 0.3) is 0 Å². The molecular weight excluding hydrogens is 184 g/mol. The van der Waals surface area contributed by atoms with Gasteiger partial charge in [0.2, 0.25) is 0 Å². The number of thioether (sulfide) groups is 1. The summed E-state index contributed by atoms with van der Waals surface area (Å²) in [6.07, 6.45) is 3.70. The molecule has 1 aliphatic rings. The van der Waals surface area contributed by atoms with Gasteiger partial charge in [-0.2, -0.15) is 11.8 Å². The van der Waals surface area contributed by atoms with E-state index in [9.17, 15) is 0 Å². The van der Waals surface area contributed by atoms with Crippen molar-refractivity contribution in [2.75, 3.05) is 44.8 Å². The average molecular weight is 204 g/mol. The summed E-state index contributed by atoms with van der Waals surface area (Å²) in [5.41, 5.74) is 5.56. The lowest BCUT2D eigenvalue weighted by Crippen LogP contribution is -2.45. The SMILES string of the molecule is CSCCCN1CCOC(CN)C1. The minimum atomic E-state index is 0.267. The maximum Gasteiger partial charge on any atom is 0.0824 e. The van der Waals surface area contributed by atoms with Crippen LogP contribution in [0.4, 0.5) is 0 Å². The molecule has 1 heterocycles. The molecule has 0 aromatic rings. The van der Waals surface area contributed by atoms with Crippen LogP contribution in [0.2, 0.25) is 0 Å². The van der Waals surface area contributed by atoms with E-state index in [2.05, 4.69) is 11.2 Å². The van der Waals surface area contributed by atoms with Gasteiger partial charge in [0.1, 0.15) is 0 Å². The maximum absolute atomic E-state index is 5.56. The monoisotopic (exact) mass is 204 g/mol. The molecule has 0 spiro atoms. The Morgan fingerprint density at radius 3 is 3.15 bits per heavy atom. The van der Waals surface area contributed by atoms with Gasteiger partial charge in [0.05, 0.1) is 12.7 Å². The molecule has 0 aromatic heterocycles. The molecular formula is C9H20N2OS. The molecule has 0 amide bonds. The zero-order chi connectivity index (χ0) is 9.52. The Morgan fingerprint density at radius 2 is 2.46 bits per heavy atom. The van der Waals surface area contributed by atoms with E-state index in [0.717, 1.165) is 19.7 Å². The molecule has 1 rings (SSSR count). The van der Waals surface area contributed by atoms with E-state index in [1.165, 1.54) is 18.7 Å². The third-order valence-corrected chi connectivity index (χ3v) is 3.01. The van der Waals surface area contributed by atoms with Crippen molar-refractivity contribution in [1.29, 1.82) is 0 Å². The third-order valence-electron chi connectivity index (χ3n) is 2.31. The van der Waals surface area contributed by atoms with Gasteiger partial charge >= 0.3 is 0 Å². The van der Waals surface area contributed by atoms with E-state index in [4.69, 9.17) is 10.5 Å². The average Bonchev–Trinajstić information content (AvgIpc) is 2.19. The minimum Gasteiger partial charge on any atom is -0.374 e. The number of nitrogens with two attached hydrogens (primary N) is 1. The zero-order valence-corrected chi connectivity index (χ0v) is 9.18. The molecule has 3 nitrogen and oxygen atoms in total. The standard InChI is InChI=1S/C9H20N2OS/c1-13-6-2-3-11-4-5-12-9(7-10)8-11/h9H,2-8,10H2,1H3. The van der Waals surface area contributed by atoms with Crippen LogP contribution in [0.1, 0.15) is 6.42 Å². The summed E-state index contributed by atoms with van der Waals surface area (Å²) in [5, 5.41) is 0. The summed E-state index contributed by atoms with van der Waals surface area (Å²) < 4.78 is 5.49. The van der Waals surface area contributed by atoms with Crippen molar-refractivity contribution in [2.45, 2.75) is 12.5 Å². The molecule has 1 saturated heterocycles. The molecule has 2 N–H and O–H groups in total. The van der Waals surface area contributed by atoms with Crippen molar-refractivity contribution in [3.8, 4) is 0 Å². The lowest BCUT2D eigenvalue weighted by molar-refractivity contribution is -0.0228. The van der Waals surface area contributed by atoms with E-state index in [-0.39, 0.29) is 6.10 Å². The fraction of sp³-hybridized carbons (Fsp3) is 1.00. The Bertz CT molecular complexity index is 135. The van der Waals surface area contributed by atoms with E-state index in [1.54, 1.807) is 0 Å². The number of ether oxygens (including phenoxy) is 1. The fourth-order valence-electron chi connectivity index (χ4n) is 1.56. The van der Waals surface area contributed by atoms with E-state index in [1.807, 2.05) is 11.8 Å². The van der Waals surface area contributed by atoms with Gasteiger partial charge in [0.25, 0.3) is 0 Å². The second kappa shape index (κ2) is 6.65. The summed E-state index contributed by atoms with van der Waals surface area (Å²) in [7, 11) is 0. The van der Waals surface area contributed by atoms with Gasteiger partial charge in [0.15, 0.2) is 0 Å². The van der Waals surface area contributed by atoms with Crippen molar-refractivity contribution < 1.29 is 4.74 Å². The molecule has 0 radical (unpaired) electrons. The molecule has 0 bridgehead atoms. The number of nitrogens with zero attached hydrogens (tertiary/aromatic N) is 1. The first-order valence-electron chi connectivity index (χ1n) is 4.89. The predicted octanol–water partition coefficient (Wildman–Crippen LogP) is 0.399. The molecule has 1 unspecified atom stereocenters. The lowest BCUT2D eigenvalue weighted by atomic mass is 10.2. The number of morpholine rings is 1. The highest BCUT2D eigenvalue weighted by Crippen LogP contribution is 2.05. The van der Waals surface area contributed by atoms with Crippen LogP contribution in [-0.2, 0) is 4.74 Å². The van der Waals surface area contributed by atoms with Crippen LogP contribution in [0.3, 0.4) is 0 Å². The molecule has 1 fully saturated rings. The van der Waals surface area contributed by atoms with Gasteiger partial charge in [-0.3, -0.25) is 4.90 Å². The second-order valence-electron chi connectivity index (χ2n) is 3.38. The van der Waals surface area contributed by atoms with Crippen molar-refractivity contribution in [3.63, 3.8) is 0 Å². The van der Waals surface area contributed by atoms with Crippen LogP contribution in [0.5, 0.6) is 0 Å². The third kappa shape index (κ3) is 4.31. The van der Waals surface area contributed by atoms with Crippen LogP contribution in [0, 0.1) is 0 Å². The molecule has 0 saturated carbocycles. The van der Waals surface area contributed by atoms with Gasteiger partial charge in [-0.1, -0.05) is 0 Å². The van der Waals surface area contributed by atoms with E-state index < -0.39 is 0 Å². The quantitative estimate of drug-likeness (QED) is 0.658. The van der Waals surface area contributed by atoms with Crippen LogP contribution in [-0.4, -0.2) is 55.8 Å². The Labute approximate surface area is 85.0 Å². The van der Waals surface area contributed by atoms with Gasteiger partial charge < -0.3 is 10.5 Å². The highest BCUT2D eigenvalue weighted by atomic mass is 32.2. The van der Waals surface area contributed by atoms with Crippen molar-refractivity contribution in [3.05, 3.63) is 0 Å². The van der Waals surface area contributed by atoms with Crippen molar-refractivity contribution in [1.82, 2.24) is 4.90 Å². The van der Waals surface area contributed by atoms with E-state index in [0.29, 0.717) is 6.54 Å². The molecule has 0 aliphatic carbocycles. The highest BCUT2D eigenvalue weighted by molar-refractivity contribution is 7.98. The lowest BCUT2D eigenvalue weighted by Gasteiger charge is -2.32. The molecule has 4 heteroatoms. The topological polar surface area (TPSA) is 38.5 Å². The predicted molar refractivity (Wildman–Crippen MR) is 58.2 cm³/mol. The van der Waals surface area contributed by atoms with Crippen LogP contribution >= 0.6 is 11.8 Å². The summed E-state index contributed by atoms with van der Waals surface area (Å²) in [6, 6.07) is 0. The molecule has 0 aromatic carbocycles. The first kappa shape index (κ1) is 11.3. The van der Waals surface area contributed by atoms with E-state index >= 15 is 0 Å². The first-order valence-corrected chi connectivity index (χ1v) is 6.29. The Morgan fingerprint density at radius 1 is 1.62 bits per heavy atom. The summed E-state index contributed by atoms with van der Waals surface area (Å²) in [6.45, 7) is 4.79. The normalized spacial score (nSPS) is 24.9. The van der Waals surface area contributed by atoms with Gasteiger partial charge in [-0.25, -0.2) is 0 Å². The van der Waals surface area contributed by atoms with Crippen LogP contribution < -0.4 is 5.73 Å². The summed E-state index contributed by atoms with van der Waals surface area (Å²) in [4.78, 5) is 2.46. The Balaban J connectivity index is 2.11. The maximum atomic E-state index is 5.56. The number of rotatable bonds is 5. The second-order valence-corrected chi connectivity index (χ2v) is 4.36. The summed E-state index contributed by atoms with van der Waals surface area (Å²) in [5.74, 6) is 1.25. The number of hydrogen-bond acceptors (Lipinski definition) is 4. The fourth-order valence-corrected chi connectivity index (χ4v) is 1.98. The largest absolute Gasteiger partial charge is 0.374 e. The zero-order valence-electron chi connectivity index (χ0n) is 8.37. The van der Waals surface area contributed by atoms with Gasteiger partial charge in [0, 0.05) is 19.6 Å². The molecule has 1 atom stereocenters. The smallest absolute Gasteiger partial charge is 0.0824 e. The first-order chi connectivity index (χ1) is 6.36. The van der Waals surface area contributed by atoms with Crippen molar-refractivity contribution in [2.24, 2.45) is 5.73 Å². The van der Waals surface area contributed by atoms with Crippen molar-refractivity contribution >= 4 is 11.8 Å². The van der Waals surface area contributed by atoms with Gasteiger partial charge in [-0.15, -0.1) is 0 Å². The Hall–Kier alpha value is 0.230. The molecule has 78 valence electrons. The highest BCUT2D eigenvalue weighted by Gasteiger charge is 2.17. The summed E-state index contributed by atoms with van der Waals surface area (Å²) >= 11 is 1.91. The Kier molecular flexibility index (Phi) is 5.78. The molecule has 13 heavy (non-hydrogen) atoms.